The predicted octanol–water partition coefficient (Wildman–Crippen LogP) is 5.43. The number of ether oxygens (including phenoxy) is 1. The Morgan fingerprint density at radius 3 is 2.74 bits per heavy atom. The Bertz CT molecular complexity index is 1830. The fraction of sp³-hybridized carbons (Fsp3) is 0.400. The van der Waals surface area contributed by atoms with Crippen LogP contribution in [0.25, 0.3) is 10.9 Å². The molecular formula is C35H34BrN3O4. The van der Waals surface area contributed by atoms with Gasteiger partial charge in [0.05, 0.1) is 28.6 Å². The number of phenols is 1. The van der Waals surface area contributed by atoms with Crippen molar-refractivity contribution in [3.05, 3.63) is 88.6 Å². The van der Waals surface area contributed by atoms with Crippen LogP contribution in [0, 0.1) is 5.92 Å². The van der Waals surface area contributed by atoms with Crippen LogP contribution in [0.5, 0.6) is 11.5 Å². The Labute approximate surface area is 258 Å². The molecule has 7 nitrogen and oxygen atoms in total. The van der Waals surface area contributed by atoms with E-state index in [-0.39, 0.29) is 23.0 Å². The molecule has 3 aliphatic carbocycles. The highest BCUT2D eigenvalue weighted by Crippen LogP contribution is 2.69. The molecule has 4 aromatic rings. The number of nitrogens with zero attached hydrogens (tertiary/aromatic N) is 2. The van der Waals surface area contributed by atoms with Crippen molar-refractivity contribution in [2.45, 2.75) is 61.8 Å². The first kappa shape index (κ1) is 26.1. The molecular weight excluding hydrogens is 606 g/mol. The van der Waals surface area contributed by atoms with Crippen molar-refractivity contribution in [3.63, 3.8) is 0 Å². The Balaban J connectivity index is 1.27. The monoisotopic (exact) mass is 639 g/mol. The summed E-state index contributed by atoms with van der Waals surface area (Å²) in [6, 6.07) is 20.2. The molecule has 9 rings (SSSR count). The molecule has 3 aromatic carbocycles. The summed E-state index contributed by atoms with van der Waals surface area (Å²) in [5.74, 6) is 1.33. The maximum atomic E-state index is 13.2. The maximum absolute atomic E-state index is 13.2. The SMILES string of the molecule is O=C(CBr)Nc1ccccc1Cn1c2c(c3ccccc31)C[C@@]1(O)C3Cc4ccc(O)c5c4C1(CCN3CC1CC1)[C@H]2O5. The minimum atomic E-state index is -1.03. The number of hydrogen-bond donors (Lipinski definition) is 3. The number of fused-ring (bicyclic) bond motifs is 4. The molecule has 3 N–H and O–H groups in total. The number of halogens is 1. The van der Waals surface area contributed by atoms with E-state index in [4.69, 9.17) is 4.74 Å². The van der Waals surface area contributed by atoms with Gasteiger partial charge in [-0.15, -0.1) is 0 Å². The van der Waals surface area contributed by atoms with E-state index in [2.05, 4.69) is 67.1 Å². The second kappa shape index (κ2) is 9.10. The first-order valence-electron chi connectivity index (χ1n) is 15.4. The molecule has 2 fully saturated rings. The number of carbonyl (C=O) groups excluding carboxylic acids is 1. The maximum Gasteiger partial charge on any atom is 0.235 e. The molecule has 1 saturated heterocycles. The molecule has 2 bridgehead atoms. The zero-order valence-electron chi connectivity index (χ0n) is 23.9. The molecule has 43 heavy (non-hydrogen) atoms. The molecule has 1 saturated carbocycles. The zero-order chi connectivity index (χ0) is 29.1. The largest absolute Gasteiger partial charge is 0.504 e. The number of para-hydroxylation sites is 2. The number of carbonyl (C=O) groups is 1. The van der Waals surface area contributed by atoms with Crippen molar-refractivity contribution < 1.29 is 19.7 Å². The number of aromatic nitrogens is 1. The number of anilines is 1. The molecule has 2 unspecified atom stereocenters. The first-order chi connectivity index (χ1) is 20.9. The molecule has 0 radical (unpaired) electrons. The summed E-state index contributed by atoms with van der Waals surface area (Å²) < 4.78 is 9.26. The van der Waals surface area contributed by atoms with E-state index < -0.39 is 17.1 Å². The number of alkyl halides is 1. The van der Waals surface area contributed by atoms with Crippen LogP contribution in [0.4, 0.5) is 5.69 Å². The summed E-state index contributed by atoms with van der Waals surface area (Å²) in [6.07, 6.45) is 4.20. The van der Waals surface area contributed by atoms with E-state index in [1.807, 2.05) is 18.2 Å². The number of nitrogens with one attached hydrogen (secondary N) is 1. The van der Waals surface area contributed by atoms with Gasteiger partial charge >= 0.3 is 0 Å². The Morgan fingerprint density at radius 1 is 1.09 bits per heavy atom. The van der Waals surface area contributed by atoms with Crippen molar-refractivity contribution in [1.29, 1.82) is 0 Å². The normalized spacial score (nSPS) is 28.3. The average molecular weight is 641 g/mol. The molecule has 4 atom stereocenters. The second-order valence-electron chi connectivity index (χ2n) is 13.2. The van der Waals surface area contributed by atoms with Gasteiger partial charge in [0.1, 0.15) is 0 Å². The molecule has 1 amide bonds. The minimum absolute atomic E-state index is 0.00797. The van der Waals surface area contributed by atoms with Crippen LogP contribution in [-0.2, 0) is 29.6 Å². The van der Waals surface area contributed by atoms with E-state index in [1.54, 1.807) is 6.07 Å². The lowest BCUT2D eigenvalue weighted by Crippen LogP contribution is -2.74. The van der Waals surface area contributed by atoms with Crippen molar-refractivity contribution in [2.75, 3.05) is 23.7 Å². The lowest BCUT2D eigenvalue weighted by Gasteiger charge is -2.63. The van der Waals surface area contributed by atoms with Gasteiger partial charge in [-0.3, -0.25) is 9.69 Å². The zero-order valence-corrected chi connectivity index (χ0v) is 25.4. The fourth-order valence-electron chi connectivity index (χ4n) is 9.11. The molecule has 220 valence electrons. The van der Waals surface area contributed by atoms with E-state index >= 15 is 0 Å². The van der Waals surface area contributed by atoms with Crippen LogP contribution in [0.3, 0.4) is 0 Å². The third kappa shape index (κ3) is 3.46. The summed E-state index contributed by atoms with van der Waals surface area (Å²) in [5.41, 5.74) is 5.61. The molecule has 1 aromatic heterocycles. The van der Waals surface area contributed by atoms with Crippen LogP contribution >= 0.6 is 15.9 Å². The minimum Gasteiger partial charge on any atom is -0.504 e. The second-order valence-corrected chi connectivity index (χ2v) is 13.8. The number of amides is 1. The number of rotatable bonds is 6. The summed E-state index contributed by atoms with van der Waals surface area (Å²) in [4.78, 5) is 14.9. The molecule has 1 spiro atoms. The van der Waals surface area contributed by atoms with Gasteiger partial charge in [-0.25, -0.2) is 0 Å². The van der Waals surface area contributed by atoms with Gasteiger partial charge in [0, 0.05) is 41.2 Å². The highest BCUT2D eigenvalue weighted by atomic mass is 79.9. The smallest absolute Gasteiger partial charge is 0.235 e. The van der Waals surface area contributed by atoms with Gasteiger partial charge in [-0.1, -0.05) is 58.4 Å². The van der Waals surface area contributed by atoms with Gasteiger partial charge in [-0.05, 0) is 73.0 Å². The summed E-state index contributed by atoms with van der Waals surface area (Å²) in [7, 11) is 0. The number of aliphatic hydroxyl groups is 1. The highest BCUT2D eigenvalue weighted by molar-refractivity contribution is 9.09. The van der Waals surface area contributed by atoms with E-state index in [1.165, 1.54) is 18.4 Å². The average Bonchev–Trinajstić information content (AvgIpc) is 3.69. The van der Waals surface area contributed by atoms with Crippen LogP contribution in [-0.4, -0.2) is 55.6 Å². The Hall–Kier alpha value is -3.33. The molecule has 3 heterocycles. The lowest BCUT2D eigenvalue weighted by atomic mass is 9.49. The topological polar surface area (TPSA) is 87.0 Å². The third-order valence-electron chi connectivity index (χ3n) is 11.1. The van der Waals surface area contributed by atoms with Crippen molar-refractivity contribution in [3.8, 4) is 11.5 Å². The third-order valence-corrected chi connectivity index (χ3v) is 11.6. The van der Waals surface area contributed by atoms with Crippen LogP contribution in [0.15, 0.2) is 60.7 Å². The van der Waals surface area contributed by atoms with Crippen LogP contribution < -0.4 is 10.1 Å². The van der Waals surface area contributed by atoms with Crippen LogP contribution in [0.1, 0.15) is 53.3 Å². The number of aromatic hydroxyl groups is 1. The van der Waals surface area contributed by atoms with Gasteiger partial charge < -0.3 is 24.8 Å². The standard InChI is InChI=1S/C35H34BrN3O4/c36-17-29(41)37-25-7-3-1-5-22(25)19-39-26-8-4-2-6-23(26)24-16-35(42)28-15-21-11-12-27(40)32-30(21)34(35,33(43-32)31(24)39)13-14-38(28)18-20-9-10-20/h1-8,11-12,20,28,33,40,42H,9-10,13-19H2,(H,37,41)/t28?,33-,34?,35+/m0/s1. The summed E-state index contributed by atoms with van der Waals surface area (Å²) in [5, 5.41) is 28.8. The van der Waals surface area contributed by atoms with E-state index in [9.17, 15) is 15.0 Å². The molecule has 5 aliphatic rings. The Kier molecular flexibility index (Phi) is 5.52. The molecule has 2 aliphatic heterocycles. The number of likely N-dealkylation sites (tertiary alicyclic amines) is 1. The van der Waals surface area contributed by atoms with Crippen molar-refractivity contribution >= 4 is 38.4 Å². The number of piperidine rings is 1. The quantitative estimate of drug-likeness (QED) is 0.245. The fourth-order valence-corrected chi connectivity index (χ4v) is 9.25. The Morgan fingerprint density at radius 2 is 1.91 bits per heavy atom. The first-order valence-corrected chi connectivity index (χ1v) is 16.6. The van der Waals surface area contributed by atoms with Gasteiger partial charge in [0.2, 0.25) is 5.91 Å². The van der Waals surface area contributed by atoms with Gasteiger partial charge in [0.25, 0.3) is 0 Å². The highest BCUT2D eigenvalue weighted by Gasteiger charge is 2.73. The van der Waals surface area contributed by atoms with E-state index in [0.717, 1.165) is 70.8 Å². The predicted molar refractivity (Wildman–Crippen MR) is 168 cm³/mol. The van der Waals surface area contributed by atoms with Gasteiger partial charge in [-0.2, -0.15) is 0 Å². The van der Waals surface area contributed by atoms with Gasteiger partial charge in [0.15, 0.2) is 17.6 Å². The number of benzene rings is 3. The summed E-state index contributed by atoms with van der Waals surface area (Å²) in [6.45, 7) is 2.49. The van der Waals surface area contributed by atoms with Crippen molar-refractivity contribution in [2.24, 2.45) is 5.92 Å². The van der Waals surface area contributed by atoms with E-state index in [0.29, 0.717) is 18.7 Å². The van der Waals surface area contributed by atoms with Crippen molar-refractivity contribution in [1.82, 2.24) is 9.47 Å². The lowest BCUT2D eigenvalue weighted by molar-refractivity contribution is -0.173. The summed E-state index contributed by atoms with van der Waals surface area (Å²) >= 11 is 3.28. The van der Waals surface area contributed by atoms with Crippen LogP contribution in [0.2, 0.25) is 0 Å². The molecule has 8 heteroatoms. The number of hydrogen-bond acceptors (Lipinski definition) is 5. The number of phenolic OH excluding ortho intramolecular Hbond substituents is 1.